The predicted molar refractivity (Wildman–Crippen MR) is 77.8 cm³/mol. The molecule has 6 heteroatoms. The molecule has 3 atom stereocenters. The van der Waals surface area contributed by atoms with Gasteiger partial charge in [-0.25, -0.2) is 4.39 Å². The molecule has 112 valence electrons. The Kier molecular flexibility index (Phi) is 4.92. The summed E-state index contributed by atoms with van der Waals surface area (Å²) in [5.41, 5.74) is -0.283. The predicted octanol–water partition coefficient (Wildman–Crippen LogP) is 3.32. The minimum atomic E-state index is -0.897. The van der Waals surface area contributed by atoms with Gasteiger partial charge in [-0.15, -0.1) is 0 Å². The Morgan fingerprint density at radius 2 is 2.20 bits per heavy atom. The van der Waals surface area contributed by atoms with Gasteiger partial charge >= 0.3 is 0 Å². The van der Waals surface area contributed by atoms with Crippen molar-refractivity contribution in [3.05, 3.63) is 33.6 Å². The van der Waals surface area contributed by atoms with Crippen LogP contribution in [0.25, 0.3) is 0 Å². The van der Waals surface area contributed by atoms with E-state index in [0.717, 1.165) is 0 Å². The van der Waals surface area contributed by atoms with Crippen molar-refractivity contribution in [1.82, 2.24) is 5.32 Å². The van der Waals surface area contributed by atoms with Crippen LogP contribution >= 0.6 is 23.2 Å². The van der Waals surface area contributed by atoms with Crippen LogP contribution in [0.15, 0.2) is 12.1 Å². The zero-order valence-corrected chi connectivity index (χ0v) is 12.9. The highest BCUT2D eigenvalue weighted by atomic mass is 35.5. The van der Waals surface area contributed by atoms with E-state index in [1.54, 1.807) is 0 Å². The summed E-state index contributed by atoms with van der Waals surface area (Å²) in [5.74, 6) is -0.504. The van der Waals surface area contributed by atoms with Crippen LogP contribution in [0.3, 0.4) is 0 Å². The van der Waals surface area contributed by atoms with E-state index in [9.17, 15) is 9.50 Å². The number of nitrogens with one attached hydrogen (secondary N) is 1. The third-order valence-electron chi connectivity index (χ3n) is 3.88. The average molecular weight is 322 g/mol. The Morgan fingerprint density at radius 1 is 1.50 bits per heavy atom. The van der Waals surface area contributed by atoms with Gasteiger partial charge in [0, 0.05) is 30.6 Å². The topological polar surface area (TPSA) is 41.5 Å². The second kappa shape index (κ2) is 6.16. The Balaban J connectivity index is 2.05. The number of benzene rings is 1. The van der Waals surface area contributed by atoms with Crippen molar-refractivity contribution in [1.29, 1.82) is 0 Å². The fourth-order valence-corrected chi connectivity index (χ4v) is 2.86. The van der Waals surface area contributed by atoms with E-state index in [0.29, 0.717) is 30.2 Å². The van der Waals surface area contributed by atoms with Crippen LogP contribution in [0, 0.1) is 5.82 Å². The van der Waals surface area contributed by atoms with Gasteiger partial charge in [0.15, 0.2) is 0 Å². The fraction of sp³-hybridized carbons (Fsp3) is 0.571. The number of aliphatic hydroxyl groups is 1. The van der Waals surface area contributed by atoms with Gasteiger partial charge in [-0.3, -0.25) is 0 Å². The van der Waals surface area contributed by atoms with Gasteiger partial charge in [-0.1, -0.05) is 23.2 Å². The summed E-state index contributed by atoms with van der Waals surface area (Å²) in [6.07, 6.45) is 0.357. The average Bonchev–Trinajstić information content (AvgIpc) is 2.72. The minimum absolute atomic E-state index is 0.00222. The molecule has 1 heterocycles. The SMILES string of the molecule is CC(NCC1(O)CCOC1C)c1cc(F)c(Cl)cc1Cl. The van der Waals surface area contributed by atoms with Gasteiger partial charge in [-0.2, -0.15) is 0 Å². The summed E-state index contributed by atoms with van der Waals surface area (Å²) in [4.78, 5) is 0. The number of ether oxygens (including phenoxy) is 1. The first-order chi connectivity index (χ1) is 9.33. The van der Waals surface area contributed by atoms with Crippen molar-refractivity contribution < 1.29 is 14.2 Å². The number of rotatable bonds is 4. The molecule has 1 aliphatic rings. The molecule has 0 spiro atoms. The number of hydrogen-bond acceptors (Lipinski definition) is 3. The normalized spacial score (nSPS) is 27.8. The zero-order chi connectivity index (χ0) is 14.9. The fourth-order valence-electron chi connectivity index (χ4n) is 2.31. The summed E-state index contributed by atoms with van der Waals surface area (Å²) < 4.78 is 18.9. The lowest BCUT2D eigenvalue weighted by Crippen LogP contribution is -2.46. The summed E-state index contributed by atoms with van der Waals surface area (Å²) in [6.45, 7) is 4.60. The summed E-state index contributed by atoms with van der Waals surface area (Å²) in [7, 11) is 0. The van der Waals surface area contributed by atoms with Gasteiger partial charge in [0.1, 0.15) is 11.4 Å². The van der Waals surface area contributed by atoms with Gasteiger partial charge < -0.3 is 15.2 Å². The molecule has 0 radical (unpaired) electrons. The molecule has 0 saturated carbocycles. The van der Waals surface area contributed by atoms with Crippen molar-refractivity contribution >= 4 is 23.2 Å². The van der Waals surface area contributed by atoms with E-state index in [4.69, 9.17) is 27.9 Å². The lowest BCUT2D eigenvalue weighted by atomic mass is 9.96. The third kappa shape index (κ3) is 3.26. The highest BCUT2D eigenvalue weighted by Crippen LogP contribution is 2.30. The zero-order valence-electron chi connectivity index (χ0n) is 11.4. The van der Waals surface area contributed by atoms with Crippen molar-refractivity contribution in [2.24, 2.45) is 0 Å². The Morgan fingerprint density at radius 3 is 2.80 bits per heavy atom. The molecule has 3 unspecified atom stereocenters. The van der Waals surface area contributed by atoms with E-state index in [1.165, 1.54) is 12.1 Å². The largest absolute Gasteiger partial charge is 0.386 e. The molecule has 20 heavy (non-hydrogen) atoms. The third-order valence-corrected chi connectivity index (χ3v) is 4.50. The van der Waals surface area contributed by atoms with E-state index in [-0.39, 0.29) is 17.2 Å². The number of hydrogen-bond donors (Lipinski definition) is 2. The maximum absolute atomic E-state index is 13.5. The Labute approximate surface area is 128 Å². The molecule has 0 amide bonds. The van der Waals surface area contributed by atoms with Gasteiger partial charge in [-0.05, 0) is 31.5 Å². The van der Waals surface area contributed by atoms with Crippen LogP contribution < -0.4 is 5.32 Å². The summed E-state index contributed by atoms with van der Waals surface area (Å²) in [6, 6.07) is 2.51. The lowest BCUT2D eigenvalue weighted by Gasteiger charge is -2.28. The van der Waals surface area contributed by atoms with Crippen LogP contribution in [0.4, 0.5) is 4.39 Å². The number of halogens is 3. The van der Waals surface area contributed by atoms with Crippen molar-refractivity contribution in [2.75, 3.05) is 13.2 Å². The molecule has 0 aliphatic carbocycles. The first kappa shape index (κ1) is 16.0. The van der Waals surface area contributed by atoms with Crippen LogP contribution in [0.5, 0.6) is 0 Å². The molecule has 1 aromatic carbocycles. The second-order valence-corrected chi connectivity index (χ2v) is 6.07. The smallest absolute Gasteiger partial charge is 0.142 e. The summed E-state index contributed by atoms with van der Waals surface area (Å²) >= 11 is 11.8. The van der Waals surface area contributed by atoms with Crippen molar-refractivity contribution in [2.45, 2.75) is 38.0 Å². The maximum Gasteiger partial charge on any atom is 0.142 e. The van der Waals surface area contributed by atoms with Crippen molar-refractivity contribution in [3.63, 3.8) is 0 Å². The van der Waals surface area contributed by atoms with Crippen molar-refractivity contribution in [3.8, 4) is 0 Å². The molecule has 1 saturated heterocycles. The van der Waals surface area contributed by atoms with Crippen LogP contribution in [0.1, 0.15) is 31.9 Å². The molecule has 0 aromatic heterocycles. The molecular weight excluding hydrogens is 304 g/mol. The molecule has 1 fully saturated rings. The monoisotopic (exact) mass is 321 g/mol. The molecule has 3 nitrogen and oxygen atoms in total. The first-order valence-corrected chi connectivity index (χ1v) is 7.31. The molecule has 2 N–H and O–H groups in total. The molecular formula is C14H18Cl2FNO2. The van der Waals surface area contributed by atoms with E-state index < -0.39 is 11.4 Å². The second-order valence-electron chi connectivity index (χ2n) is 5.26. The van der Waals surface area contributed by atoms with E-state index >= 15 is 0 Å². The highest BCUT2D eigenvalue weighted by Gasteiger charge is 2.39. The molecule has 1 aliphatic heterocycles. The van der Waals surface area contributed by atoms with E-state index in [1.807, 2.05) is 13.8 Å². The van der Waals surface area contributed by atoms with Gasteiger partial charge in [0.05, 0.1) is 11.1 Å². The maximum atomic E-state index is 13.5. The summed E-state index contributed by atoms with van der Waals surface area (Å²) in [5, 5.41) is 14.0. The lowest BCUT2D eigenvalue weighted by molar-refractivity contribution is -0.0274. The van der Waals surface area contributed by atoms with E-state index in [2.05, 4.69) is 5.32 Å². The highest BCUT2D eigenvalue weighted by molar-refractivity contribution is 6.35. The van der Waals surface area contributed by atoms with Gasteiger partial charge in [0.2, 0.25) is 0 Å². The van der Waals surface area contributed by atoms with Crippen LogP contribution in [-0.2, 0) is 4.74 Å². The standard InChI is InChI=1S/C14H18Cl2FNO2/c1-8(10-5-13(17)12(16)6-11(10)15)18-7-14(19)3-4-20-9(14)2/h5-6,8-9,18-19H,3-4,7H2,1-2H3. The Hall–Kier alpha value is -0.390. The van der Waals surface area contributed by atoms with Gasteiger partial charge in [0.25, 0.3) is 0 Å². The first-order valence-electron chi connectivity index (χ1n) is 6.55. The quantitative estimate of drug-likeness (QED) is 0.836. The van der Waals surface area contributed by atoms with Crippen LogP contribution in [-0.4, -0.2) is 30.0 Å². The molecule has 2 rings (SSSR count). The minimum Gasteiger partial charge on any atom is -0.386 e. The molecule has 1 aromatic rings. The van der Waals surface area contributed by atoms with Crippen LogP contribution in [0.2, 0.25) is 10.0 Å². The molecule has 0 bridgehead atoms. The Bertz CT molecular complexity index is 500.